The molecule has 0 saturated heterocycles. The van der Waals surface area contributed by atoms with Gasteiger partial charge in [0.15, 0.2) is 0 Å². The van der Waals surface area contributed by atoms with Crippen LogP contribution in [0.15, 0.2) is 40.6 Å². The maximum Gasteiger partial charge on any atom is 0.248 e. The molecule has 0 aromatic carbocycles. The van der Waals surface area contributed by atoms with E-state index in [1.807, 2.05) is 32.9 Å². The zero-order valence-corrected chi connectivity index (χ0v) is 11.4. The lowest BCUT2D eigenvalue weighted by atomic mass is 9.86. The van der Waals surface area contributed by atoms with Crippen LogP contribution in [0.4, 0.5) is 0 Å². The largest absolute Gasteiger partial charge is 0.325 e. The van der Waals surface area contributed by atoms with Crippen LogP contribution in [-0.2, 0) is 9.59 Å². The van der Waals surface area contributed by atoms with Gasteiger partial charge in [-0.3, -0.25) is 9.59 Å². The Morgan fingerprint density at radius 2 is 2.16 bits per heavy atom. The molecule has 1 heterocycles. The molecule has 0 radical (unpaired) electrons. The molecule has 0 saturated carbocycles. The van der Waals surface area contributed by atoms with Crippen molar-refractivity contribution in [3.8, 4) is 0 Å². The standard InChI is InChI=1S/C15H18N2O2/c1-4-10-7-14(18)17-13-8-11(5-6-12(10)13)16-15(19)9(2)3/h5-9,12H,4H2,1-3H3,(H,17,18). The first-order valence-electron chi connectivity index (χ1n) is 6.55. The number of carbonyl (C=O) groups excluding carboxylic acids is 2. The number of aliphatic imine (C=N–C) groups is 1. The summed E-state index contributed by atoms with van der Waals surface area (Å²) in [4.78, 5) is 27.2. The van der Waals surface area contributed by atoms with Gasteiger partial charge in [0.2, 0.25) is 11.8 Å². The maximum absolute atomic E-state index is 11.6. The van der Waals surface area contributed by atoms with E-state index in [-0.39, 0.29) is 23.7 Å². The number of hydrogen-bond acceptors (Lipinski definition) is 2. The number of carbonyl (C=O) groups is 2. The quantitative estimate of drug-likeness (QED) is 0.825. The Morgan fingerprint density at radius 3 is 2.79 bits per heavy atom. The third kappa shape index (κ3) is 2.89. The maximum atomic E-state index is 11.6. The van der Waals surface area contributed by atoms with E-state index < -0.39 is 0 Å². The lowest BCUT2D eigenvalue weighted by Gasteiger charge is -2.27. The second kappa shape index (κ2) is 5.34. The second-order valence-electron chi connectivity index (χ2n) is 5.03. The van der Waals surface area contributed by atoms with Crippen LogP contribution < -0.4 is 5.32 Å². The average Bonchev–Trinajstić information content (AvgIpc) is 2.37. The normalized spacial score (nSPS) is 23.9. The van der Waals surface area contributed by atoms with E-state index in [1.54, 1.807) is 12.2 Å². The molecule has 0 aromatic heterocycles. The van der Waals surface area contributed by atoms with Crippen molar-refractivity contribution in [2.75, 3.05) is 0 Å². The van der Waals surface area contributed by atoms with Gasteiger partial charge in [0.1, 0.15) is 0 Å². The summed E-state index contributed by atoms with van der Waals surface area (Å²) in [6, 6.07) is 0. The van der Waals surface area contributed by atoms with Gasteiger partial charge in [-0.2, -0.15) is 0 Å². The molecule has 0 spiro atoms. The minimum absolute atomic E-state index is 0.107. The Bertz CT molecular complexity index is 536. The Balaban J connectivity index is 2.29. The zero-order valence-electron chi connectivity index (χ0n) is 11.4. The fourth-order valence-electron chi connectivity index (χ4n) is 2.12. The van der Waals surface area contributed by atoms with E-state index in [2.05, 4.69) is 10.3 Å². The van der Waals surface area contributed by atoms with E-state index >= 15 is 0 Å². The summed E-state index contributed by atoms with van der Waals surface area (Å²) < 4.78 is 0. The van der Waals surface area contributed by atoms with Crippen LogP contribution >= 0.6 is 0 Å². The van der Waals surface area contributed by atoms with Crippen molar-refractivity contribution in [2.24, 2.45) is 16.8 Å². The van der Waals surface area contributed by atoms with Crippen molar-refractivity contribution in [1.82, 2.24) is 5.32 Å². The van der Waals surface area contributed by atoms with E-state index in [4.69, 9.17) is 0 Å². The number of rotatable bonds is 2. The van der Waals surface area contributed by atoms with Gasteiger partial charge in [0, 0.05) is 23.6 Å². The third-order valence-corrected chi connectivity index (χ3v) is 3.22. The number of hydrogen-bond donors (Lipinski definition) is 1. The van der Waals surface area contributed by atoms with Crippen LogP contribution in [0.1, 0.15) is 27.2 Å². The van der Waals surface area contributed by atoms with Crippen molar-refractivity contribution in [3.63, 3.8) is 0 Å². The van der Waals surface area contributed by atoms with Gasteiger partial charge in [0.05, 0.1) is 5.71 Å². The van der Waals surface area contributed by atoms with Crippen LogP contribution in [0.25, 0.3) is 0 Å². The van der Waals surface area contributed by atoms with Gasteiger partial charge < -0.3 is 5.32 Å². The van der Waals surface area contributed by atoms with Gasteiger partial charge in [-0.15, -0.1) is 0 Å². The Morgan fingerprint density at radius 1 is 1.42 bits per heavy atom. The van der Waals surface area contributed by atoms with Gasteiger partial charge in [0.25, 0.3) is 0 Å². The zero-order chi connectivity index (χ0) is 14.0. The summed E-state index contributed by atoms with van der Waals surface area (Å²) in [6.45, 7) is 5.66. The van der Waals surface area contributed by atoms with Crippen LogP contribution in [0.2, 0.25) is 0 Å². The molecular weight excluding hydrogens is 240 g/mol. The molecule has 4 nitrogen and oxygen atoms in total. The number of allylic oxidation sites excluding steroid dienone is 3. The molecule has 100 valence electrons. The van der Waals surface area contributed by atoms with Crippen LogP contribution in [0.5, 0.6) is 0 Å². The molecule has 0 aromatic rings. The van der Waals surface area contributed by atoms with Gasteiger partial charge in [-0.25, -0.2) is 4.99 Å². The fraction of sp³-hybridized carbons (Fsp3) is 0.400. The highest BCUT2D eigenvalue weighted by Gasteiger charge is 2.25. The number of nitrogens with one attached hydrogen (secondary N) is 1. The summed E-state index contributed by atoms with van der Waals surface area (Å²) in [7, 11) is 0. The lowest BCUT2D eigenvalue weighted by Crippen LogP contribution is -2.33. The molecule has 1 unspecified atom stereocenters. The first kappa shape index (κ1) is 13.5. The molecule has 1 atom stereocenters. The average molecular weight is 258 g/mol. The smallest absolute Gasteiger partial charge is 0.248 e. The summed E-state index contributed by atoms with van der Waals surface area (Å²) in [6.07, 6.45) is 8.09. The minimum atomic E-state index is -0.150. The van der Waals surface area contributed by atoms with Gasteiger partial charge >= 0.3 is 0 Å². The molecular formula is C15H18N2O2. The highest BCUT2D eigenvalue weighted by molar-refractivity contribution is 6.11. The summed E-state index contributed by atoms with van der Waals surface area (Å²) in [5.41, 5.74) is 2.49. The third-order valence-electron chi connectivity index (χ3n) is 3.22. The Kier molecular flexibility index (Phi) is 3.79. The predicted octanol–water partition coefficient (Wildman–Crippen LogP) is 2.15. The topological polar surface area (TPSA) is 58.5 Å². The van der Waals surface area contributed by atoms with Crippen molar-refractivity contribution < 1.29 is 9.59 Å². The molecule has 1 aliphatic heterocycles. The molecule has 2 amide bonds. The van der Waals surface area contributed by atoms with Crippen molar-refractivity contribution >= 4 is 17.5 Å². The molecule has 4 heteroatoms. The first-order valence-corrected chi connectivity index (χ1v) is 6.55. The van der Waals surface area contributed by atoms with Crippen molar-refractivity contribution in [2.45, 2.75) is 27.2 Å². The van der Waals surface area contributed by atoms with E-state index in [9.17, 15) is 9.59 Å². The lowest BCUT2D eigenvalue weighted by molar-refractivity contribution is -0.120. The predicted molar refractivity (Wildman–Crippen MR) is 74.5 cm³/mol. The van der Waals surface area contributed by atoms with Crippen LogP contribution in [-0.4, -0.2) is 17.5 Å². The molecule has 2 rings (SSSR count). The van der Waals surface area contributed by atoms with Crippen molar-refractivity contribution in [1.29, 1.82) is 0 Å². The molecule has 1 N–H and O–H groups in total. The Labute approximate surface area is 113 Å². The van der Waals surface area contributed by atoms with Crippen LogP contribution in [0.3, 0.4) is 0 Å². The number of nitrogens with zero attached hydrogens (tertiary/aromatic N) is 1. The molecule has 19 heavy (non-hydrogen) atoms. The second-order valence-corrected chi connectivity index (χ2v) is 5.03. The first-order chi connectivity index (χ1) is 9.01. The minimum Gasteiger partial charge on any atom is -0.325 e. The molecule has 0 fully saturated rings. The Hall–Kier alpha value is -1.97. The number of amides is 2. The fourth-order valence-corrected chi connectivity index (χ4v) is 2.12. The molecule has 1 aliphatic carbocycles. The van der Waals surface area contributed by atoms with E-state index in [1.165, 1.54) is 0 Å². The van der Waals surface area contributed by atoms with E-state index in [0.29, 0.717) is 5.71 Å². The van der Waals surface area contributed by atoms with Gasteiger partial charge in [-0.05, 0) is 18.6 Å². The monoisotopic (exact) mass is 258 g/mol. The highest BCUT2D eigenvalue weighted by Crippen LogP contribution is 2.28. The molecule has 2 aliphatic rings. The number of fused-ring (bicyclic) bond motifs is 1. The summed E-state index contributed by atoms with van der Waals surface area (Å²) in [5, 5.41) is 2.82. The van der Waals surface area contributed by atoms with Crippen LogP contribution in [0, 0.1) is 11.8 Å². The highest BCUT2D eigenvalue weighted by atomic mass is 16.2. The van der Waals surface area contributed by atoms with Crippen molar-refractivity contribution in [3.05, 3.63) is 35.6 Å². The SMILES string of the molecule is CCC1=CC(=O)NC2=CC(=NC(=O)C(C)C)C=CC12. The van der Waals surface area contributed by atoms with Gasteiger partial charge in [-0.1, -0.05) is 32.4 Å². The summed E-state index contributed by atoms with van der Waals surface area (Å²) in [5.74, 6) is -0.271. The molecule has 0 bridgehead atoms. The summed E-state index contributed by atoms with van der Waals surface area (Å²) >= 11 is 0. The van der Waals surface area contributed by atoms with E-state index in [0.717, 1.165) is 17.7 Å².